The first-order valence-electron chi connectivity index (χ1n) is 8.04. The number of methoxy groups -OCH3 is 1. The molecule has 0 spiro atoms. The highest BCUT2D eigenvalue weighted by Gasteiger charge is 2.12. The van der Waals surface area contributed by atoms with Gasteiger partial charge in [-0.15, -0.1) is 0 Å². The van der Waals surface area contributed by atoms with Gasteiger partial charge in [0, 0.05) is 10.0 Å². The van der Waals surface area contributed by atoms with Crippen molar-refractivity contribution < 1.29 is 14.3 Å². The molecule has 3 aromatic rings. The van der Waals surface area contributed by atoms with E-state index in [9.17, 15) is 4.79 Å². The third kappa shape index (κ3) is 4.87. The maximum absolute atomic E-state index is 12.0. The zero-order valence-electron chi connectivity index (χ0n) is 14.4. The van der Waals surface area contributed by atoms with Crippen molar-refractivity contribution in [2.45, 2.75) is 0 Å². The number of carbonyl (C=O) groups excluding carboxylic acids is 1. The van der Waals surface area contributed by atoms with Crippen molar-refractivity contribution >= 4 is 54.8 Å². The highest BCUT2D eigenvalue weighted by atomic mass is 79.9. The fourth-order valence-corrected chi connectivity index (χ4v) is 3.84. The van der Waals surface area contributed by atoms with Crippen molar-refractivity contribution in [1.82, 2.24) is 5.43 Å². The molecule has 0 saturated carbocycles. The molecular weight excluding hydrogens is 476 g/mol. The average molecular weight is 492 g/mol. The van der Waals surface area contributed by atoms with Crippen LogP contribution in [0.3, 0.4) is 0 Å². The number of ether oxygens (including phenoxy) is 2. The second-order valence-corrected chi connectivity index (χ2v) is 7.34. The molecule has 7 heteroatoms. The van der Waals surface area contributed by atoms with Gasteiger partial charge in [0.05, 0.1) is 17.8 Å². The maximum Gasteiger partial charge on any atom is 0.277 e. The lowest BCUT2D eigenvalue weighted by Crippen LogP contribution is -2.24. The minimum atomic E-state index is -0.372. The summed E-state index contributed by atoms with van der Waals surface area (Å²) in [6, 6.07) is 17.5. The number of hydrazone groups is 1. The van der Waals surface area contributed by atoms with Crippen molar-refractivity contribution in [3.05, 3.63) is 69.1 Å². The molecule has 0 radical (unpaired) electrons. The number of rotatable bonds is 6. The van der Waals surface area contributed by atoms with Crippen LogP contribution < -0.4 is 14.9 Å². The zero-order chi connectivity index (χ0) is 19.2. The Balaban J connectivity index is 1.63. The number of amides is 1. The lowest BCUT2D eigenvalue weighted by Gasteiger charge is -2.12. The maximum atomic E-state index is 12.0. The first kappa shape index (κ1) is 19.4. The Labute approximate surface area is 173 Å². The van der Waals surface area contributed by atoms with Gasteiger partial charge in [-0.3, -0.25) is 4.79 Å². The summed E-state index contributed by atoms with van der Waals surface area (Å²) in [6.45, 7) is -0.191. The third-order valence-corrected chi connectivity index (χ3v) is 4.80. The van der Waals surface area contributed by atoms with Crippen LogP contribution in [0.1, 0.15) is 5.56 Å². The van der Waals surface area contributed by atoms with Gasteiger partial charge in [0.25, 0.3) is 5.91 Å². The second-order valence-electron chi connectivity index (χ2n) is 5.57. The number of benzene rings is 3. The molecule has 3 rings (SSSR count). The highest BCUT2D eigenvalue weighted by molar-refractivity contribution is 9.11. The van der Waals surface area contributed by atoms with Crippen molar-refractivity contribution in [3.8, 4) is 11.5 Å². The summed E-state index contributed by atoms with van der Waals surface area (Å²) in [5, 5.41) is 6.21. The highest BCUT2D eigenvalue weighted by Crippen LogP contribution is 2.38. The van der Waals surface area contributed by atoms with Crippen LogP contribution in [0.4, 0.5) is 0 Å². The number of hydrogen-bond donors (Lipinski definition) is 1. The summed E-state index contributed by atoms with van der Waals surface area (Å²) < 4.78 is 12.4. The van der Waals surface area contributed by atoms with E-state index >= 15 is 0 Å². The van der Waals surface area contributed by atoms with Crippen molar-refractivity contribution in [2.24, 2.45) is 5.10 Å². The van der Waals surface area contributed by atoms with Crippen molar-refractivity contribution in [2.75, 3.05) is 13.7 Å². The third-order valence-electron chi connectivity index (χ3n) is 3.76. The molecule has 0 aromatic heterocycles. The molecule has 1 amide bonds. The Bertz CT molecular complexity index is 1000. The van der Waals surface area contributed by atoms with Gasteiger partial charge in [-0.05, 0) is 38.8 Å². The van der Waals surface area contributed by atoms with E-state index in [1.807, 2.05) is 48.5 Å². The minimum absolute atomic E-state index is 0.191. The first-order valence-corrected chi connectivity index (χ1v) is 9.62. The van der Waals surface area contributed by atoms with Gasteiger partial charge >= 0.3 is 0 Å². The van der Waals surface area contributed by atoms with Crippen LogP contribution in [-0.4, -0.2) is 25.8 Å². The molecule has 0 aliphatic rings. The number of carbonyl (C=O) groups is 1. The normalized spacial score (nSPS) is 10.9. The lowest BCUT2D eigenvalue weighted by atomic mass is 10.1. The van der Waals surface area contributed by atoms with Gasteiger partial charge in [-0.1, -0.05) is 58.4 Å². The Hall–Kier alpha value is -2.38. The fraction of sp³-hybridized carbons (Fsp3) is 0.100. The molecular formula is C20H16Br2N2O3. The monoisotopic (exact) mass is 490 g/mol. The number of nitrogens with one attached hydrogen (secondary N) is 1. The van der Waals surface area contributed by atoms with E-state index in [4.69, 9.17) is 9.47 Å². The van der Waals surface area contributed by atoms with E-state index < -0.39 is 0 Å². The molecule has 0 saturated heterocycles. The average Bonchev–Trinajstić information content (AvgIpc) is 2.67. The van der Waals surface area contributed by atoms with Crippen LogP contribution in [0.2, 0.25) is 0 Å². The molecule has 3 aromatic carbocycles. The Morgan fingerprint density at radius 3 is 2.74 bits per heavy atom. The number of nitrogens with zero attached hydrogens (tertiary/aromatic N) is 1. The van der Waals surface area contributed by atoms with Gasteiger partial charge in [0.1, 0.15) is 0 Å². The largest absolute Gasteiger partial charge is 0.493 e. The standard InChI is InChI=1S/C20H16Br2N2O3/c1-26-18-10-15(21)9-17(22)20(18)27-12-19(25)24-23-11-14-7-4-6-13-5-2-3-8-16(13)14/h2-11H,12H2,1H3,(H,24,25). The molecule has 5 nitrogen and oxygen atoms in total. The van der Waals surface area contributed by atoms with Crippen LogP contribution in [0, 0.1) is 0 Å². The molecule has 0 unspecified atom stereocenters. The van der Waals surface area contributed by atoms with Gasteiger partial charge < -0.3 is 9.47 Å². The molecule has 0 atom stereocenters. The summed E-state index contributed by atoms with van der Waals surface area (Å²) >= 11 is 6.78. The van der Waals surface area contributed by atoms with Crippen molar-refractivity contribution in [1.29, 1.82) is 0 Å². The zero-order valence-corrected chi connectivity index (χ0v) is 17.6. The fourth-order valence-electron chi connectivity index (χ4n) is 2.54. The smallest absolute Gasteiger partial charge is 0.277 e. The van der Waals surface area contributed by atoms with E-state index in [1.54, 1.807) is 12.3 Å². The van der Waals surface area contributed by atoms with Gasteiger partial charge in [0.2, 0.25) is 0 Å². The number of fused-ring (bicyclic) bond motifs is 1. The molecule has 138 valence electrons. The van der Waals surface area contributed by atoms with E-state index in [0.717, 1.165) is 20.8 Å². The minimum Gasteiger partial charge on any atom is -0.493 e. The quantitative estimate of drug-likeness (QED) is 0.394. The van der Waals surface area contributed by atoms with Crippen LogP contribution in [0.25, 0.3) is 10.8 Å². The summed E-state index contributed by atoms with van der Waals surface area (Å²) in [4.78, 5) is 12.0. The second kappa shape index (κ2) is 9.01. The van der Waals surface area contributed by atoms with Gasteiger partial charge in [0.15, 0.2) is 18.1 Å². The molecule has 1 N–H and O–H groups in total. The Morgan fingerprint density at radius 2 is 1.93 bits per heavy atom. The van der Waals surface area contributed by atoms with Gasteiger partial charge in [-0.25, -0.2) is 5.43 Å². The van der Waals surface area contributed by atoms with Crippen LogP contribution in [-0.2, 0) is 4.79 Å². The van der Waals surface area contributed by atoms with E-state index in [1.165, 1.54) is 7.11 Å². The Kier molecular flexibility index (Phi) is 6.47. The molecule has 0 bridgehead atoms. The molecule has 27 heavy (non-hydrogen) atoms. The molecule has 0 aliphatic heterocycles. The molecule has 0 aliphatic carbocycles. The summed E-state index contributed by atoms with van der Waals surface area (Å²) in [7, 11) is 1.54. The predicted octanol–water partition coefficient (Wildman–Crippen LogP) is 4.90. The first-order chi connectivity index (χ1) is 13.1. The number of hydrogen-bond acceptors (Lipinski definition) is 4. The molecule has 0 fully saturated rings. The summed E-state index contributed by atoms with van der Waals surface area (Å²) in [6.07, 6.45) is 1.62. The van der Waals surface area contributed by atoms with E-state index in [0.29, 0.717) is 16.0 Å². The van der Waals surface area contributed by atoms with Gasteiger partial charge in [-0.2, -0.15) is 5.10 Å². The Morgan fingerprint density at radius 1 is 1.15 bits per heavy atom. The van der Waals surface area contributed by atoms with Crippen LogP contribution in [0.5, 0.6) is 11.5 Å². The topological polar surface area (TPSA) is 59.9 Å². The summed E-state index contributed by atoms with van der Waals surface area (Å²) in [5.41, 5.74) is 3.40. The molecule has 0 heterocycles. The van der Waals surface area contributed by atoms with Crippen LogP contribution >= 0.6 is 31.9 Å². The lowest BCUT2D eigenvalue weighted by molar-refractivity contribution is -0.123. The van der Waals surface area contributed by atoms with E-state index in [2.05, 4.69) is 42.4 Å². The summed E-state index contributed by atoms with van der Waals surface area (Å²) in [5.74, 6) is 0.598. The predicted molar refractivity (Wildman–Crippen MR) is 114 cm³/mol. The van der Waals surface area contributed by atoms with Crippen LogP contribution in [0.15, 0.2) is 68.6 Å². The van der Waals surface area contributed by atoms with Crippen molar-refractivity contribution in [3.63, 3.8) is 0 Å². The number of halogens is 2. The van der Waals surface area contributed by atoms with E-state index in [-0.39, 0.29) is 12.5 Å². The SMILES string of the molecule is COc1cc(Br)cc(Br)c1OCC(=O)NN=Cc1cccc2ccccc12.